The number of ketones is 1. The van der Waals surface area contributed by atoms with E-state index in [9.17, 15) is 27.9 Å². The number of hydrogen-bond acceptors (Lipinski definition) is 5. The third kappa shape index (κ3) is 4.57. The molecule has 1 amide bonds. The van der Waals surface area contributed by atoms with Gasteiger partial charge in [0.05, 0.1) is 21.7 Å². The molecule has 0 saturated carbocycles. The van der Waals surface area contributed by atoms with E-state index in [2.05, 4.69) is 9.72 Å². The first-order chi connectivity index (χ1) is 16.1. The number of benzene rings is 2. The number of rotatable bonds is 4. The van der Waals surface area contributed by atoms with Crippen molar-refractivity contribution >= 4 is 46.3 Å². The van der Waals surface area contributed by atoms with E-state index < -0.39 is 35.6 Å². The van der Waals surface area contributed by atoms with Crippen LogP contribution in [0.3, 0.4) is 0 Å². The van der Waals surface area contributed by atoms with Crippen molar-refractivity contribution in [3.05, 3.63) is 93.7 Å². The molecule has 0 spiro atoms. The molecule has 0 aliphatic carbocycles. The largest absolute Gasteiger partial charge is 0.573 e. The van der Waals surface area contributed by atoms with Crippen molar-refractivity contribution in [1.82, 2.24) is 4.98 Å². The van der Waals surface area contributed by atoms with Crippen molar-refractivity contribution in [3.63, 3.8) is 0 Å². The molecule has 174 valence electrons. The summed E-state index contributed by atoms with van der Waals surface area (Å²) in [5.41, 5.74) is 0.476. The zero-order chi connectivity index (χ0) is 24.6. The number of nitrogens with zero attached hydrogens (tertiary/aromatic N) is 2. The number of halogens is 5. The second kappa shape index (κ2) is 9.00. The summed E-state index contributed by atoms with van der Waals surface area (Å²) in [5.74, 6) is -2.95. The highest BCUT2D eigenvalue weighted by Gasteiger charge is 2.47. The molecule has 1 atom stereocenters. The zero-order valence-corrected chi connectivity index (χ0v) is 18.4. The summed E-state index contributed by atoms with van der Waals surface area (Å²) in [7, 11) is 0. The van der Waals surface area contributed by atoms with Gasteiger partial charge >= 0.3 is 6.36 Å². The Morgan fingerprint density at radius 1 is 0.971 bits per heavy atom. The fourth-order valence-electron chi connectivity index (χ4n) is 3.57. The number of carbonyl (C=O) groups is 2. The lowest BCUT2D eigenvalue weighted by atomic mass is 9.96. The molecule has 1 N–H and O–H groups in total. The van der Waals surface area contributed by atoms with Crippen LogP contribution in [0.25, 0.3) is 5.76 Å². The number of ether oxygens (including phenoxy) is 1. The molecule has 3 aromatic rings. The molecule has 6 nitrogen and oxygen atoms in total. The molecular formula is C23H13Cl2F3N2O4. The maximum Gasteiger partial charge on any atom is 0.573 e. The topological polar surface area (TPSA) is 79.7 Å². The van der Waals surface area contributed by atoms with Crippen molar-refractivity contribution in [3.8, 4) is 5.75 Å². The Morgan fingerprint density at radius 2 is 1.62 bits per heavy atom. The number of aromatic nitrogens is 1. The van der Waals surface area contributed by atoms with Crippen LogP contribution in [0.5, 0.6) is 5.75 Å². The van der Waals surface area contributed by atoms with Crippen LogP contribution < -0.4 is 9.64 Å². The minimum absolute atomic E-state index is 0.117. The van der Waals surface area contributed by atoms with Gasteiger partial charge in [0.15, 0.2) is 0 Å². The van der Waals surface area contributed by atoms with E-state index in [0.29, 0.717) is 5.56 Å². The zero-order valence-electron chi connectivity index (χ0n) is 16.9. The van der Waals surface area contributed by atoms with Crippen LogP contribution in [0.15, 0.2) is 72.6 Å². The smallest absolute Gasteiger partial charge is 0.507 e. The molecule has 4 rings (SSSR count). The van der Waals surface area contributed by atoms with E-state index in [-0.39, 0.29) is 26.9 Å². The Kier molecular flexibility index (Phi) is 6.24. The average molecular weight is 509 g/mol. The normalized spacial score (nSPS) is 17.8. The lowest BCUT2D eigenvalue weighted by Gasteiger charge is -2.25. The number of anilines is 1. The minimum atomic E-state index is -4.89. The van der Waals surface area contributed by atoms with E-state index >= 15 is 0 Å². The molecule has 11 heteroatoms. The van der Waals surface area contributed by atoms with Crippen molar-refractivity contribution in [2.24, 2.45) is 0 Å². The molecule has 2 aromatic carbocycles. The van der Waals surface area contributed by atoms with Crippen LogP contribution in [0, 0.1) is 0 Å². The van der Waals surface area contributed by atoms with Gasteiger partial charge in [-0.1, -0.05) is 23.2 Å². The Labute approximate surface area is 200 Å². The fraction of sp³-hybridized carbons (Fsp3) is 0.0870. The summed E-state index contributed by atoms with van der Waals surface area (Å²) >= 11 is 12.0. The van der Waals surface area contributed by atoms with E-state index in [4.69, 9.17) is 23.2 Å². The lowest BCUT2D eigenvalue weighted by molar-refractivity contribution is -0.274. The van der Waals surface area contributed by atoms with Gasteiger partial charge in [0.1, 0.15) is 11.5 Å². The standard InChI is InChI=1S/C23H13Cl2F3N2O4/c24-16-6-1-13(11-17(16)25)20(31)18-19(12-7-9-29-10-8-12)30(22(33)21(18)32)14-2-4-15(5-3-14)34-23(26,27)28/h1-11,19,31H/b20-18-. The minimum Gasteiger partial charge on any atom is -0.507 e. The quantitative estimate of drug-likeness (QED) is 0.269. The summed E-state index contributed by atoms with van der Waals surface area (Å²) in [6, 6.07) is 10.7. The molecule has 0 radical (unpaired) electrons. The number of aliphatic hydroxyl groups excluding tert-OH is 1. The van der Waals surface area contributed by atoms with Gasteiger partial charge in [0.25, 0.3) is 11.7 Å². The maximum absolute atomic E-state index is 13.0. The number of carbonyl (C=O) groups excluding carboxylic acids is 2. The first-order valence-corrected chi connectivity index (χ1v) is 10.3. The van der Waals surface area contributed by atoms with Crippen molar-refractivity contribution in [2.75, 3.05) is 4.90 Å². The monoisotopic (exact) mass is 508 g/mol. The Balaban J connectivity index is 1.85. The third-order valence-electron chi connectivity index (χ3n) is 5.01. The molecule has 1 aliphatic heterocycles. The highest BCUT2D eigenvalue weighted by atomic mass is 35.5. The van der Waals surface area contributed by atoms with E-state index in [1.165, 1.54) is 42.7 Å². The Hall–Kier alpha value is -3.56. The first kappa shape index (κ1) is 23.6. The summed E-state index contributed by atoms with van der Waals surface area (Å²) < 4.78 is 41.4. The fourth-order valence-corrected chi connectivity index (χ4v) is 3.87. The number of hydrogen-bond donors (Lipinski definition) is 1. The highest BCUT2D eigenvalue weighted by Crippen LogP contribution is 2.43. The molecule has 1 fully saturated rings. The number of amides is 1. The number of aliphatic hydroxyl groups is 1. The van der Waals surface area contributed by atoms with E-state index in [1.54, 1.807) is 12.1 Å². The predicted octanol–water partition coefficient (Wildman–Crippen LogP) is 5.91. The van der Waals surface area contributed by atoms with Gasteiger partial charge in [-0.15, -0.1) is 13.2 Å². The molecule has 1 aliphatic rings. The summed E-state index contributed by atoms with van der Waals surface area (Å²) in [6.45, 7) is 0. The van der Waals surface area contributed by atoms with Crippen molar-refractivity contribution < 1.29 is 32.6 Å². The summed E-state index contributed by atoms with van der Waals surface area (Å²) in [6.07, 6.45) is -2.01. The van der Waals surface area contributed by atoms with E-state index in [1.807, 2.05) is 0 Å². The van der Waals surface area contributed by atoms with Crippen molar-refractivity contribution in [1.29, 1.82) is 0 Å². The number of pyridine rings is 1. The van der Waals surface area contributed by atoms with Crippen LogP contribution in [0.1, 0.15) is 17.2 Å². The van der Waals surface area contributed by atoms with Crippen LogP contribution in [0.2, 0.25) is 10.0 Å². The van der Waals surface area contributed by atoms with Crippen LogP contribution in [0.4, 0.5) is 18.9 Å². The maximum atomic E-state index is 13.0. The van der Waals surface area contributed by atoms with Gasteiger partial charge in [-0.05, 0) is 60.2 Å². The van der Waals surface area contributed by atoms with Gasteiger partial charge in [-0.3, -0.25) is 19.5 Å². The van der Waals surface area contributed by atoms with Crippen LogP contribution in [-0.2, 0) is 9.59 Å². The average Bonchev–Trinajstić information content (AvgIpc) is 3.06. The van der Waals surface area contributed by atoms with Gasteiger partial charge in [0.2, 0.25) is 0 Å². The lowest BCUT2D eigenvalue weighted by Crippen LogP contribution is -2.29. The summed E-state index contributed by atoms with van der Waals surface area (Å²) in [4.78, 5) is 31.1. The SMILES string of the molecule is O=C1C(=O)N(c2ccc(OC(F)(F)F)cc2)C(c2ccncc2)/C1=C(/O)c1ccc(Cl)c(Cl)c1. The Bertz CT molecular complexity index is 1300. The van der Waals surface area contributed by atoms with Crippen LogP contribution >= 0.6 is 23.2 Å². The number of alkyl halides is 3. The highest BCUT2D eigenvalue weighted by molar-refractivity contribution is 6.51. The Morgan fingerprint density at radius 3 is 2.21 bits per heavy atom. The van der Waals surface area contributed by atoms with E-state index in [0.717, 1.165) is 17.0 Å². The molecular weight excluding hydrogens is 496 g/mol. The van der Waals surface area contributed by atoms with Crippen LogP contribution in [-0.4, -0.2) is 28.1 Å². The van der Waals surface area contributed by atoms with Crippen molar-refractivity contribution in [2.45, 2.75) is 12.4 Å². The molecule has 0 bridgehead atoms. The summed E-state index contributed by atoms with van der Waals surface area (Å²) in [5, 5.41) is 11.4. The number of Topliss-reactive ketones (excluding diaryl/α,β-unsaturated/α-hetero) is 1. The predicted molar refractivity (Wildman–Crippen MR) is 119 cm³/mol. The van der Waals surface area contributed by atoms with Gasteiger partial charge in [0, 0.05) is 23.6 Å². The van der Waals surface area contributed by atoms with Gasteiger partial charge in [-0.25, -0.2) is 0 Å². The first-order valence-electron chi connectivity index (χ1n) is 9.59. The second-order valence-corrected chi connectivity index (χ2v) is 7.93. The second-order valence-electron chi connectivity index (χ2n) is 7.12. The molecule has 1 saturated heterocycles. The van der Waals surface area contributed by atoms with Gasteiger partial charge in [-0.2, -0.15) is 0 Å². The molecule has 2 heterocycles. The van der Waals surface area contributed by atoms with Gasteiger partial charge < -0.3 is 9.84 Å². The molecule has 34 heavy (non-hydrogen) atoms. The molecule has 1 unspecified atom stereocenters. The molecule has 1 aromatic heterocycles. The third-order valence-corrected chi connectivity index (χ3v) is 5.75.